The van der Waals surface area contributed by atoms with Gasteiger partial charge in [0.05, 0.1) is 27.3 Å². The lowest BCUT2D eigenvalue weighted by Crippen LogP contribution is -2.29. The highest BCUT2D eigenvalue weighted by molar-refractivity contribution is 7.92. The zero-order valence-electron chi connectivity index (χ0n) is 17.8. The number of halogens is 1. The Balaban J connectivity index is 1.48. The highest BCUT2D eigenvalue weighted by Crippen LogP contribution is 2.32. The molecule has 0 unspecified atom stereocenters. The van der Waals surface area contributed by atoms with E-state index >= 15 is 0 Å². The first kappa shape index (κ1) is 22.1. The van der Waals surface area contributed by atoms with Crippen LogP contribution in [0.4, 0.5) is 10.1 Å². The molecule has 1 aromatic heterocycles. The number of carbonyl (C=O) groups is 1. The Kier molecular flexibility index (Phi) is 5.55. The first-order chi connectivity index (χ1) is 16.4. The molecule has 1 aliphatic rings. The SMILES string of the molecule is C#CCn1c(=NC(=O)c2ccc(S(=O)(=O)N3CCc4ccccc43)cc2)sc2cccc(F)c21. The molecule has 4 aromatic rings. The maximum Gasteiger partial charge on any atom is 0.279 e. The fourth-order valence-electron chi connectivity index (χ4n) is 4.02. The maximum absolute atomic E-state index is 14.4. The second-order valence-electron chi connectivity index (χ2n) is 7.66. The molecule has 170 valence electrons. The summed E-state index contributed by atoms with van der Waals surface area (Å²) in [7, 11) is -3.76. The normalized spacial score (nSPS) is 13.8. The van der Waals surface area contributed by atoms with E-state index in [4.69, 9.17) is 6.42 Å². The van der Waals surface area contributed by atoms with Crippen LogP contribution in [0.2, 0.25) is 0 Å². The number of hydrogen-bond acceptors (Lipinski definition) is 4. The number of sulfonamides is 1. The Morgan fingerprint density at radius 2 is 1.85 bits per heavy atom. The van der Waals surface area contributed by atoms with Crippen LogP contribution in [-0.2, 0) is 23.0 Å². The topological polar surface area (TPSA) is 71.7 Å². The van der Waals surface area contributed by atoms with Gasteiger partial charge >= 0.3 is 0 Å². The summed E-state index contributed by atoms with van der Waals surface area (Å²) >= 11 is 1.16. The molecule has 1 aliphatic heterocycles. The molecule has 0 N–H and O–H groups in total. The number of para-hydroxylation sites is 2. The van der Waals surface area contributed by atoms with Crippen molar-refractivity contribution in [1.29, 1.82) is 0 Å². The predicted molar refractivity (Wildman–Crippen MR) is 130 cm³/mol. The van der Waals surface area contributed by atoms with Gasteiger partial charge in [0.2, 0.25) is 0 Å². The van der Waals surface area contributed by atoms with Crippen molar-refractivity contribution in [3.8, 4) is 12.3 Å². The molecule has 3 aromatic carbocycles. The van der Waals surface area contributed by atoms with Crippen molar-refractivity contribution in [3.05, 3.63) is 88.5 Å². The zero-order valence-corrected chi connectivity index (χ0v) is 19.4. The van der Waals surface area contributed by atoms with Gasteiger partial charge in [-0.15, -0.1) is 6.42 Å². The minimum absolute atomic E-state index is 0.0571. The molecular weight excluding hydrogens is 473 g/mol. The van der Waals surface area contributed by atoms with Crippen LogP contribution in [0.15, 0.2) is 76.6 Å². The van der Waals surface area contributed by atoms with Gasteiger partial charge in [-0.1, -0.05) is 41.5 Å². The van der Waals surface area contributed by atoms with Crippen molar-refractivity contribution in [1.82, 2.24) is 4.57 Å². The van der Waals surface area contributed by atoms with Crippen LogP contribution in [0, 0.1) is 18.2 Å². The molecule has 0 saturated heterocycles. The highest BCUT2D eigenvalue weighted by atomic mass is 32.2. The van der Waals surface area contributed by atoms with Crippen LogP contribution in [0.1, 0.15) is 15.9 Å². The third-order valence-electron chi connectivity index (χ3n) is 5.63. The number of fused-ring (bicyclic) bond motifs is 2. The van der Waals surface area contributed by atoms with Crippen LogP contribution < -0.4 is 9.11 Å². The number of aromatic nitrogens is 1. The molecule has 2 heterocycles. The van der Waals surface area contributed by atoms with Crippen molar-refractivity contribution < 1.29 is 17.6 Å². The first-order valence-corrected chi connectivity index (χ1v) is 12.7. The first-order valence-electron chi connectivity index (χ1n) is 10.4. The second kappa shape index (κ2) is 8.56. The van der Waals surface area contributed by atoms with Gasteiger partial charge in [-0.25, -0.2) is 12.8 Å². The third-order valence-corrected chi connectivity index (χ3v) is 8.50. The molecule has 0 saturated carbocycles. The van der Waals surface area contributed by atoms with Gasteiger partial charge in [-0.2, -0.15) is 4.99 Å². The minimum atomic E-state index is -3.76. The molecule has 0 bridgehead atoms. The molecule has 34 heavy (non-hydrogen) atoms. The highest BCUT2D eigenvalue weighted by Gasteiger charge is 2.30. The number of rotatable bonds is 4. The average Bonchev–Trinajstić information content (AvgIpc) is 3.42. The van der Waals surface area contributed by atoms with Gasteiger partial charge in [0, 0.05) is 12.1 Å². The summed E-state index contributed by atoms with van der Waals surface area (Å²) in [5.74, 6) is 1.44. The lowest BCUT2D eigenvalue weighted by molar-refractivity contribution is 0.0997. The lowest BCUT2D eigenvalue weighted by Gasteiger charge is -2.19. The van der Waals surface area contributed by atoms with E-state index in [1.165, 1.54) is 39.2 Å². The van der Waals surface area contributed by atoms with E-state index in [1.807, 2.05) is 18.2 Å². The van der Waals surface area contributed by atoms with Gasteiger partial charge in [0.1, 0.15) is 5.82 Å². The largest absolute Gasteiger partial charge is 0.302 e. The van der Waals surface area contributed by atoms with Crippen LogP contribution >= 0.6 is 11.3 Å². The zero-order chi connectivity index (χ0) is 23.9. The molecule has 9 heteroatoms. The Bertz CT molecular complexity index is 1650. The number of anilines is 1. The smallest absolute Gasteiger partial charge is 0.279 e. The predicted octanol–water partition coefficient (Wildman–Crippen LogP) is 3.97. The molecule has 5 rings (SSSR count). The van der Waals surface area contributed by atoms with Crippen LogP contribution in [0.3, 0.4) is 0 Å². The van der Waals surface area contributed by atoms with Gasteiger partial charge in [0.15, 0.2) is 4.80 Å². The summed E-state index contributed by atoms with van der Waals surface area (Å²) in [5.41, 5.74) is 2.17. The Morgan fingerprint density at radius 1 is 1.09 bits per heavy atom. The summed E-state index contributed by atoms with van der Waals surface area (Å²) in [5, 5.41) is 0. The molecule has 1 amide bonds. The molecule has 0 atom stereocenters. The van der Waals surface area contributed by atoms with E-state index < -0.39 is 21.7 Å². The van der Waals surface area contributed by atoms with Crippen molar-refractivity contribution in [2.75, 3.05) is 10.8 Å². The Labute approximate surface area is 199 Å². The Hall–Kier alpha value is -3.74. The molecule has 0 fully saturated rings. The Morgan fingerprint density at radius 3 is 2.62 bits per heavy atom. The molecular formula is C25H18FN3O3S2. The molecule has 0 aliphatic carbocycles. The molecule has 0 spiro atoms. The van der Waals surface area contributed by atoms with Gasteiger partial charge in [0.25, 0.3) is 15.9 Å². The fourth-order valence-corrected chi connectivity index (χ4v) is 6.56. The number of hydrogen-bond donors (Lipinski definition) is 0. The summed E-state index contributed by atoms with van der Waals surface area (Å²) < 4.78 is 44.2. The van der Waals surface area contributed by atoms with E-state index in [1.54, 1.807) is 18.2 Å². The molecule has 0 radical (unpaired) electrons. The summed E-state index contributed by atoms with van der Waals surface area (Å²) in [6, 6.07) is 17.7. The number of terminal acetylenes is 1. The summed E-state index contributed by atoms with van der Waals surface area (Å²) in [6.07, 6.45) is 6.09. The van der Waals surface area contributed by atoms with E-state index in [-0.39, 0.29) is 21.8 Å². The van der Waals surface area contributed by atoms with E-state index in [9.17, 15) is 17.6 Å². The fraction of sp³-hybridized carbons (Fsp3) is 0.120. The summed E-state index contributed by atoms with van der Waals surface area (Å²) in [4.78, 5) is 17.3. The number of nitrogens with zero attached hydrogens (tertiary/aromatic N) is 3. The summed E-state index contributed by atoms with van der Waals surface area (Å²) in [6.45, 7) is 0.427. The number of amides is 1. The lowest BCUT2D eigenvalue weighted by atomic mass is 10.2. The third kappa shape index (κ3) is 3.71. The minimum Gasteiger partial charge on any atom is -0.302 e. The number of benzene rings is 3. The van der Waals surface area contributed by atoms with E-state index in [0.717, 1.165) is 16.9 Å². The standard InChI is InChI=1S/C25H18FN3O3S2/c1-2-15-28-23-20(26)7-5-9-22(23)33-25(28)27-24(30)18-10-12-19(13-11-18)34(31,32)29-16-14-17-6-3-4-8-21(17)29/h1,3-13H,14-16H2. The van der Waals surface area contributed by atoms with Crippen LogP contribution in [0.25, 0.3) is 10.2 Å². The van der Waals surface area contributed by atoms with E-state index in [2.05, 4.69) is 10.9 Å². The number of thiazole rings is 1. The van der Waals surface area contributed by atoms with Gasteiger partial charge < -0.3 is 4.57 Å². The van der Waals surface area contributed by atoms with Crippen molar-refractivity contribution in [2.45, 2.75) is 17.9 Å². The van der Waals surface area contributed by atoms with Crippen molar-refractivity contribution in [2.24, 2.45) is 4.99 Å². The van der Waals surface area contributed by atoms with Gasteiger partial charge in [-0.05, 0) is 54.4 Å². The quantitative estimate of drug-likeness (QED) is 0.406. The van der Waals surface area contributed by atoms with Crippen LogP contribution in [-0.4, -0.2) is 25.4 Å². The maximum atomic E-state index is 14.4. The van der Waals surface area contributed by atoms with Crippen molar-refractivity contribution >= 4 is 43.2 Å². The van der Waals surface area contributed by atoms with Crippen molar-refractivity contribution in [3.63, 3.8) is 0 Å². The van der Waals surface area contributed by atoms with E-state index in [0.29, 0.717) is 28.9 Å². The molecule has 6 nitrogen and oxygen atoms in total. The second-order valence-corrected chi connectivity index (χ2v) is 10.5. The number of carbonyl (C=O) groups excluding carboxylic acids is 1. The van der Waals surface area contributed by atoms with Gasteiger partial charge in [-0.3, -0.25) is 9.10 Å². The monoisotopic (exact) mass is 491 g/mol. The average molecular weight is 492 g/mol. The van der Waals surface area contributed by atoms with Crippen LogP contribution in [0.5, 0.6) is 0 Å².